The molecule has 2 N–H and O–H groups in total. The van der Waals surface area contributed by atoms with Crippen LogP contribution in [0.4, 0.5) is 5.69 Å². The topological polar surface area (TPSA) is 58.1 Å². The van der Waals surface area contributed by atoms with Crippen LogP contribution in [-0.4, -0.2) is 45.9 Å². The Balaban J connectivity index is 0.00000300. The summed E-state index contributed by atoms with van der Waals surface area (Å²) in [6, 6.07) is 16.7. The smallest absolute Gasteiger partial charge is 0.191 e. The van der Waals surface area contributed by atoms with E-state index in [1.807, 2.05) is 18.2 Å². The van der Waals surface area contributed by atoms with Crippen LogP contribution in [-0.2, 0) is 17.8 Å². The first-order valence-corrected chi connectivity index (χ1v) is 9.86. The number of aliphatic imine (C=N–C) groups is 1. The van der Waals surface area contributed by atoms with Crippen molar-refractivity contribution in [2.45, 2.75) is 20.0 Å². The van der Waals surface area contributed by atoms with Gasteiger partial charge in [0.25, 0.3) is 0 Å². The maximum Gasteiger partial charge on any atom is 0.191 e. The van der Waals surface area contributed by atoms with Crippen LogP contribution in [0, 0.1) is 0 Å². The van der Waals surface area contributed by atoms with E-state index in [2.05, 4.69) is 52.8 Å². The van der Waals surface area contributed by atoms with Gasteiger partial charge >= 0.3 is 0 Å². The van der Waals surface area contributed by atoms with Crippen molar-refractivity contribution in [2.24, 2.45) is 4.99 Å². The number of anilines is 1. The standard InChI is InChI=1S/C22H30N4O2.HI/c1-3-23-22(25-17-19-6-4-5-7-21(19)27-2)24-16-18-8-10-20(11-9-18)26-12-14-28-15-13-26;/h4-11H,3,12-17H2,1-2H3,(H2,23,24,25);1H. The number of hydrogen-bond donors (Lipinski definition) is 2. The predicted octanol–water partition coefficient (Wildman–Crippen LogP) is 3.41. The van der Waals surface area contributed by atoms with E-state index in [0.29, 0.717) is 13.1 Å². The van der Waals surface area contributed by atoms with Gasteiger partial charge < -0.3 is 25.0 Å². The molecule has 0 bridgehead atoms. The Labute approximate surface area is 190 Å². The molecule has 0 unspecified atom stereocenters. The molecule has 158 valence electrons. The number of nitrogens with one attached hydrogen (secondary N) is 2. The normalized spacial score (nSPS) is 14.1. The number of morpholine rings is 1. The van der Waals surface area contributed by atoms with Crippen molar-refractivity contribution >= 4 is 35.6 Å². The first-order chi connectivity index (χ1) is 13.8. The van der Waals surface area contributed by atoms with E-state index in [-0.39, 0.29) is 24.0 Å². The molecular formula is C22H31IN4O2. The van der Waals surface area contributed by atoms with Gasteiger partial charge in [-0.1, -0.05) is 30.3 Å². The summed E-state index contributed by atoms with van der Waals surface area (Å²) < 4.78 is 10.8. The number of guanidine groups is 1. The Morgan fingerprint density at radius 1 is 1.07 bits per heavy atom. The van der Waals surface area contributed by atoms with Gasteiger partial charge in [0.2, 0.25) is 0 Å². The monoisotopic (exact) mass is 510 g/mol. The number of hydrogen-bond acceptors (Lipinski definition) is 4. The Morgan fingerprint density at radius 3 is 2.48 bits per heavy atom. The van der Waals surface area contributed by atoms with Crippen molar-refractivity contribution in [1.82, 2.24) is 10.6 Å². The van der Waals surface area contributed by atoms with E-state index in [9.17, 15) is 0 Å². The summed E-state index contributed by atoms with van der Waals surface area (Å²) >= 11 is 0. The molecule has 0 saturated carbocycles. The predicted molar refractivity (Wildman–Crippen MR) is 130 cm³/mol. The van der Waals surface area contributed by atoms with E-state index in [1.54, 1.807) is 7.11 Å². The van der Waals surface area contributed by atoms with Crippen LogP contribution in [0.3, 0.4) is 0 Å². The highest BCUT2D eigenvalue weighted by Crippen LogP contribution is 2.18. The van der Waals surface area contributed by atoms with Crippen molar-refractivity contribution in [1.29, 1.82) is 0 Å². The van der Waals surface area contributed by atoms with E-state index in [0.717, 1.165) is 50.1 Å². The Morgan fingerprint density at radius 2 is 1.79 bits per heavy atom. The van der Waals surface area contributed by atoms with E-state index < -0.39 is 0 Å². The molecule has 1 heterocycles. The molecule has 1 saturated heterocycles. The molecule has 2 aromatic rings. The molecule has 1 aliphatic rings. The first-order valence-electron chi connectivity index (χ1n) is 9.86. The van der Waals surface area contributed by atoms with Crippen LogP contribution in [0.25, 0.3) is 0 Å². The lowest BCUT2D eigenvalue weighted by Crippen LogP contribution is -2.36. The number of para-hydroxylation sites is 1. The van der Waals surface area contributed by atoms with Crippen molar-refractivity contribution in [2.75, 3.05) is 44.9 Å². The summed E-state index contributed by atoms with van der Waals surface area (Å²) in [6.45, 7) is 7.68. The van der Waals surface area contributed by atoms with Gasteiger partial charge in [0.05, 0.1) is 26.9 Å². The lowest BCUT2D eigenvalue weighted by atomic mass is 10.2. The van der Waals surface area contributed by atoms with Crippen molar-refractivity contribution in [3.8, 4) is 5.75 Å². The molecule has 6 nitrogen and oxygen atoms in total. The van der Waals surface area contributed by atoms with Gasteiger partial charge in [0, 0.05) is 37.4 Å². The maximum atomic E-state index is 5.42. The fourth-order valence-electron chi connectivity index (χ4n) is 3.17. The van der Waals surface area contributed by atoms with Gasteiger partial charge in [-0.05, 0) is 30.7 Å². The number of nitrogens with zero attached hydrogens (tertiary/aromatic N) is 2. The molecule has 1 aliphatic heterocycles. The number of methoxy groups -OCH3 is 1. The highest BCUT2D eigenvalue weighted by atomic mass is 127. The van der Waals surface area contributed by atoms with Crippen LogP contribution in [0.15, 0.2) is 53.5 Å². The molecule has 0 amide bonds. The Kier molecular flexibility index (Phi) is 10.1. The number of benzene rings is 2. The molecule has 2 aromatic carbocycles. The third-order valence-electron chi connectivity index (χ3n) is 4.72. The number of rotatable bonds is 7. The minimum Gasteiger partial charge on any atom is -0.496 e. The Bertz CT molecular complexity index is 762. The maximum absolute atomic E-state index is 5.42. The average Bonchev–Trinajstić information content (AvgIpc) is 2.77. The van der Waals surface area contributed by atoms with Crippen molar-refractivity contribution in [3.63, 3.8) is 0 Å². The van der Waals surface area contributed by atoms with Crippen molar-refractivity contribution in [3.05, 3.63) is 59.7 Å². The summed E-state index contributed by atoms with van der Waals surface area (Å²) in [7, 11) is 1.69. The zero-order valence-corrected chi connectivity index (χ0v) is 19.5. The quantitative estimate of drug-likeness (QED) is 0.340. The zero-order chi connectivity index (χ0) is 19.6. The summed E-state index contributed by atoms with van der Waals surface area (Å²) in [4.78, 5) is 7.07. The molecule has 0 atom stereocenters. The first kappa shape index (κ1) is 23.3. The molecular weight excluding hydrogens is 479 g/mol. The summed E-state index contributed by atoms with van der Waals surface area (Å²) in [5.74, 6) is 1.68. The lowest BCUT2D eigenvalue weighted by Gasteiger charge is -2.28. The van der Waals surface area contributed by atoms with E-state index in [1.165, 1.54) is 11.3 Å². The van der Waals surface area contributed by atoms with Crippen LogP contribution in [0.5, 0.6) is 5.75 Å². The lowest BCUT2D eigenvalue weighted by molar-refractivity contribution is 0.122. The van der Waals surface area contributed by atoms with Crippen LogP contribution in [0.2, 0.25) is 0 Å². The summed E-state index contributed by atoms with van der Waals surface area (Å²) in [5.41, 5.74) is 3.54. The minimum absolute atomic E-state index is 0. The molecule has 29 heavy (non-hydrogen) atoms. The fraction of sp³-hybridized carbons (Fsp3) is 0.409. The Hall–Kier alpha value is -2.00. The van der Waals surface area contributed by atoms with Gasteiger partial charge in [-0.15, -0.1) is 24.0 Å². The van der Waals surface area contributed by atoms with Gasteiger partial charge in [-0.25, -0.2) is 4.99 Å². The second kappa shape index (κ2) is 12.5. The molecule has 3 rings (SSSR count). The summed E-state index contributed by atoms with van der Waals surface area (Å²) in [5, 5.41) is 6.68. The van der Waals surface area contributed by atoms with Gasteiger partial charge in [-0.3, -0.25) is 0 Å². The van der Waals surface area contributed by atoms with Crippen LogP contribution >= 0.6 is 24.0 Å². The largest absolute Gasteiger partial charge is 0.496 e. The minimum atomic E-state index is 0. The molecule has 1 fully saturated rings. The van der Waals surface area contributed by atoms with Crippen LogP contribution < -0.4 is 20.3 Å². The molecule has 0 spiro atoms. The van der Waals surface area contributed by atoms with Gasteiger partial charge in [-0.2, -0.15) is 0 Å². The average molecular weight is 510 g/mol. The van der Waals surface area contributed by atoms with E-state index in [4.69, 9.17) is 14.5 Å². The SMILES string of the molecule is CCNC(=NCc1ccc(N2CCOCC2)cc1)NCc1ccccc1OC.I. The molecule has 0 aliphatic carbocycles. The zero-order valence-electron chi connectivity index (χ0n) is 17.2. The van der Waals surface area contributed by atoms with E-state index >= 15 is 0 Å². The third-order valence-corrected chi connectivity index (χ3v) is 4.72. The highest BCUT2D eigenvalue weighted by Gasteiger charge is 2.10. The molecule has 7 heteroatoms. The van der Waals surface area contributed by atoms with Gasteiger partial charge in [0.15, 0.2) is 5.96 Å². The fourth-order valence-corrected chi connectivity index (χ4v) is 3.17. The number of halogens is 1. The second-order valence-electron chi connectivity index (χ2n) is 6.63. The van der Waals surface area contributed by atoms with Crippen LogP contribution in [0.1, 0.15) is 18.1 Å². The van der Waals surface area contributed by atoms with Crippen molar-refractivity contribution < 1.29 is 9.47 Å². The third kappa shape index (κ3) is 7.08. The highest BCUT2D eigenvalue weighted by molar-refractivity contribution is 14.0. The summed E-state index contributed by atoms with van der Waals surface area (Å²) in [6.07, 6.45) is 0. The second-order valence-corrected chi connectivity index (χ2v) is 6.63. The molecule has 0 aromatic heterocycles. The molecule has 0 radical (unpaired) electrons. The number of ether oxygens (including phenoxy) is 2. The van der Waals surface area contributed by atoms with Gasteiger partial charge in [0.1, 0.15) is 5.75 Å².